The molecule has 1 saturated heterocycles. The normalized spacial score (nSPS) is 18.9. The van der Waals surface area contributed by atoms with E-state index in [0.29, 0.717) is 18.9 Å². The third-order valence-corrected chi connectivity index (χ3v) is 5.79. The summed E-state index contributed by atoms with van der Waals surface area (Å²) >= 11 is 0. The lowest BCUT2D eigenvalue weighted by atomic mass is 10.0. The Bertz CT molecular complexity index is 700. The van der Waals surface area contributed by atoms with E-state index in [4.69, 9.17) is 5.11 Å². The number of nitrogens with zero attached hydrogens (tertiary/aromatic N) is 1. The molecule has 8 heteroatoms. The molecule has 5 nitrogen and oxygen atoms in total. The molecule has 0 aromatic heterocycles. The van der Waals surface area contributed by atoms with E-state index in [1.165, 1.54) is 0 Å². The van der Waals surface area contributed by atoms with E-state index in [0.717, 1.165) is 10.4 Å². The minimum absolute atomic E-state index is 0.217. The molecule has 0 amide bonds. The molecule has 116 valence electrons. The molecule has 0 bridgehead atoms. The summed E-state index contributed by atoms with van der Waals surface area (Å²) < 4.78 is 53.7. The van der Waals surface area contributed by atoms with Crippen LogP contribution in [-0.2, 0) is 10.0 Å². The van der Waals surface area contributed by atoms with Crippen LogP contribution in [0.5, 0.6) is 0 Å². The van der Waals surface area contributed by atoms with Crippen LogP contribution in [0.3, 0.4) is 0 Å². The van der Waals surface area contributed by atoms with Crippen LogP contribution in [-0.4, -0.2) is 35.9 Å². The van der Waals surface area contributed by atoms with E-state index >= 15 is 0 Å². The van der Waals surface area contributed by atoms with Gasteiger partial charge in [0.2, 0.25) is 10.0 Å². The number of hydrogen-bond acceptors (Lipinski definition) is 3. The molecule has 1 aromatic rings. The van der Waals surface area contributed by atoms with Gasteiger partial charge in [0.25, 0.3) is 0 Å². The van der Waals surface area contributed by atoms with Crippen molar-refractivity contribution in [2.75, 3.05) is 6.54 Å². The number of hydrogen-bond donors (Lipinski definition) is 1. The van der Waals surface area contributed by atoms with Gasteiger partial charge in [-0.05, 0) is 38.8 Å². The van der Waals surface area contributed by atoms with Crippen molar-refractivity contribution in [3.05, 3.63) is 29.3 Å². The lowest BCUT2D eigenvalue weighted by molar-refractivity contribution is 0.0685. The zero-order valence-corrected chi connectivity index (χ0v) is 12.4. The highest BCUT2D eigenvalue weighted by molar-refractivity contribution is 7.89. The van der Waals surface area contributed by atoms with Gasteiger partial charge >= 0.3 is 5.97 Å². The maximum Gasteiger partial charge on any atom is 0.341 e. The predicted octanol–water partition coefficient (Wildman–Crippen LogP) is 2.23. The molecule has 2 rings (SSSR count). The van der Waals surface area contributed by atoms with Gasteiger partial charge in [-0.1, -0.05) is 0 Å². The first-order valence-electron chi connectivity index (χ1n) is 6.33. The molecule has 1 fully saturated rings. The largest absolute Gasteiger partial charge is 0.477 e. The van der Waals surface area contributed by atoms with Gasteiger partial charge in [-0.2, -0.15) is 4.31 Å². The van der Waals surface area contributed by atoms with Crippen LogP contribution in [0.4, 0.5) is 8.78 Å². The zero-order valence-electron chi connectivity index (χ0n) is 11.6. The summed E-state index contributed by atoms with van der Waals surface area (Å²) in [5.41, 5.74) is -1.95. The first kappa shape index (κ1) is 15.8. The molecule has 0 radical (unpaired) electrons. The van der Waals surface area contributed by atoms with Crippen LogP contribution in [0, 0.1) is 11.6 Å². The number of sulfonamides is 1. The van der Waals surface area contributed by atoms with Crippen molar-refractivity contribution >= 4 is 16.0 Å². The molecule has 0 atom stereocenters. The van der Waals surface area contributed by atoms with E-state index in [2.05, 4.69) is 0 Å². The Kier molecular flexibility index (Phi) is 3.79. The van der Waals surface area contributed by atoms with Crippen LogP contribution in [0.2, 0.25) is 0 Å². The van der Waals surface area contributed by atoms with Crippen molar-refractivity contribution < 1.29 is 27.1 Å². The molecule has 0 saturated carbocycles. The van der Waals surface area contributed by atoms with Gasteiger partial charge in [0.15, 0.2) is 5.82 Å². The molecule has 1 heterocycles. The Morgan fingerprint density at radius 1 is 1.33 bits per heavy atom. The number of carboxylic acid groups (broad SMARTS) is 1. The second kappa shape index (κ2) is 5.03. The SMILES string of the molecule is CC1(C)CCCN1S(=O)(=O)c1ccc(F)c(C(=O)O)c1F. The fourth-order valence-corrected chi connectivity index (χ4v) is 4.49. The lowest BCUT2D eigenvalue weighted by Gasteiger charge is -2.30. The maximum atomic E-state index is 14.2. The predicted molar refractivity (Wildman–Crippen MR) is 70.5 cm³/mol. The van der Waals surface area contributed by atoms with E-state index in [9.17, 15) is 22.0 Å². The van der Waals surface area contributed by atoms with Crippen molar-refractivity contribution in [2.45, 2.75) is 37.1 Å². The Hall–Kier alpha value is -1.54. The van der Waals surface area contributed by atoms with Crippen LogP contribution in [0.1, 0.15) is 37.0 Å². The molecule has 1 aromatic carbocycles. The molecule has 1 N–H and O–H groups in total. The molecule has 1 aliphatic heterocycles. The average Bonchev–Trinajstić information content (AvgIpc) is 2.68. The standard InChI is InChI=1S/C13H15F2NO4S/c1-13(2)6-3-7-16(13)21(19,20)9-5-4-8(14)10(11(9)15)12(17)18/h4-5H,3,6-7H2,1-2H3,(H,17,18). The molecule has 21 heavy (non-hydrogen) atoms. The van der Waals surface area contributed by atoms with Crippen molar-refractivity contribution in [1.29, 1.82) is 0 Å². The number of aromatic carboxylic acids is 1. The van der Waals surface area contributed by atoms with Gasteiger partial charge < -0.3 is 5.11 Å². The van der Waals surface area contributed by atoms with Crippen LogP contribution in [0.15, 0.2) is 17.0 Å². The van der Waals surface area contributed by atoms with Crippen LogP contribution >= 0.6 is 0 Å². The minimum Gasteiger partial charge on any atom is -0.477 e. The molecule has 0 aliphatic carbocycles. The summed E-state index contributed by atoms with van der Waals surface area (Å²) in [5.74, 6) is -4.72. The third-order valence-electron chi connectivity index (χ3n) is 3.66. The van der Waals surface area contributed by atoms with Gasteiger partial charge in [-0.25, -0.2) is 22.0 Å². The van der Waals surface area contributed by atoms with Crippen molar-refractivity contribution in [1.82, 2.24) is 4.31 Å². The van der Waals surface area contributed by atoms with Crippen LogP contribution in [0.25, 0.3) is 0 Å². The number of halogens is 2. The van der Waals surface area contributed by atoms with Crippen molar-refractivity contribution in [3.63, 3.8) is 0 Å². The summed E-state index contributed by atoms with van der Waals surface area (Å²) in [6.07, 6.45) is 1.24. The highest BCUT2D eigenvalue weighted by atomic mass is 32.2. The topological polar surface area (TPSA) is 74.7 Å². The number of rotatable bonds is 3. The Morgan fingerprint density at radius 2 is 1.95 bits per heavy atom. The highest BCUT2D eigenvalue weighted by Gasteiger charge is 2.42. The highest BCUT2D eigenvalue weighted by Crippen LogP contribution is 2.35. The second-order valence-electron chi connectivity index (χ2n) is 5.53. The van der Waals surface area contributed by atoms with E-state index in [1.54, 1.807) is 13.8 Å². The van der Waals surface area contributed by atoms with Gasteiger partial charge in [0, 0.05) is 12.1 Å². The number of benzene rings is 1. The number of carboxylic acids is 1. The summed E-state index contributed by atoms with van der Waals surface area (Å²) in [6.45, 7) is 3.63. The fraction of sp³-hybridized carbons (Fsp3) is 0.462. The maximum absolute atomic E-state index is 14.2. The quantitative estimate of drug-likeness (QED) is 0.927. The van der Waals surface area contributed by atoms with Gasteiger partial charge in [-0.15, -0.1) is 0 Å². The Labute approximate surface area is 121 Å². The molecule has 0 spiro atoms. The summed E-state index contributed by atoms with van der Waals surface area (Å²) in [6, 6.07) is 1.42. The molecular formula is C13H15F2NO4S. The second-order valence-corrected chi connectivity index (χ2v) is 7.36. The third kappa shape index (κ3) is 2.53. The monoisotopic (exact) mass is 319 g/mol. The van der Waals surface area contributed by atoms with Gasteiger partial charge in [0.05, 0.1) is 0 Å². The Balaban J connectivity index is 2.62. The van der Waals surface area contributed by atoms with E-state index in [1.807, 2.05) is 0 Å². The van der Waals surface area contributed by atoms with E-state index < -0.39 is 43.6 Å². The van der Waals surface area contributed by atoms with Crippen LogP contribution < -0.4 is 0 Å². The molecular weight excluding hydrogens is 304 g/mol. The summed E-state index contributed by atoms with van der Waals surface area (Å²) in [7, 11) is -4.22. The van der Waals surface area contributed by atoms with Gasteiger partial charge in [-0.3, -0.25) is 0 Å². The molecule has 0 unspecified atom stereocenters. The lowest BCUT2D eigenvalue weighted by Crippen LogP contribution is -2.42. The summed E-state index contributed by atoms with van der Waals surface area (Å²) in [5, 5.41) is 8.82. The first-order chi connectivity index (χ1) is 9.59. The van der Waals surface area contributed by atoms with E-state index in [-0.39, 0.29) is 6.54 Å². The zero-order chi connectivity index (χ0) is 16.0. The smallest absolute Gasteiger partial charge is 0.341 e. The Morgan fingerprint density at radius 3 is 2.43 bits per heavy atom. The molecule has 1 aliphatic rings. The number of carbonyl (C=O) groups is 1. The minimum atomic E-state index is -4.22. The van der Waals surface area contributed by atoms with Crippen molar-refractivity contribution in [3.8, 4) is 0 Å². The van der Waals surface area contributed by atoms with Gasteiger partial charge in [0.1, 0.15) is 16.3 Å². The average molecular weight is 319 g/mol. The first-order valence-corrected chi connectivity index (χ1v) is 7.77. The summed E-state index contributed by atoms with van der Waals surface area (Å²) in [4.78, 5) is 10.1. The van der Waals surface area contributed by atoms with Crippen molar-refractivity contribution in [2.24, 2.45) is 0 Å². The fourth-order valence-electron chi connectivity index (χ4n) is 2.58.